The van der Waals surface area contributed by atoms with Gasteiger partial charge in [-0.05, 0) is 47.8 Å². The van der Waals surface area contributed by atoms with Crippen molar-refractivity contribution < 1.29 is 5.11 Å². The highest BCUT2D eigenvalue weighted by molar-refractivity contribution is 14.1. The van der Waals surface area contributed by atoms with Gasteiger partial charge in [0.15, 0.2) is 0 Å². The molecule has 0 fully saturated rings. The zero-order valence-corrected chi connectivity index (χ0v) is 11.3. The molecule has 0 saturated carbocycles. The molecule has 1 aromatic rings. The molecule has 0 saturated heterocycles. The SMILES string of the molecule is CCN(CC)Cc1cc(N)cc(I)c1O. The van der Waals surface area contributed by atoms with Gasteiger partial charge in [-0.15, -0.1) is 0 Å². The fraction of sp³-hybridized carbons (Fsp3) is 0.455. The Labute approximate surface area is 104 Å². The second-order valence-electron chi connectivity index (χ2n) is 3.47. The van der Waals surface area contributed by atoms with E-state index in [1.807, 2.05) is 6.07 Å². The molecule has 0 unspecified atom stereocenters. The van der Waals surface area contributed by atoms with Crippen molar-refractivity contribution in [2.24, 2.45) is 0 Å². The molecular formula is C11H17IN2O. The first kappa shape index (κ1) is 12.6. The van der Waals surface area contributed by atoms with Gasteiger partial charge in [0, 0.05) is 17.8 Å². The average molecular weight is 320 g/mol. The summed E-state index contributed by atoms with van der Waals surface area (Å²) in [5, 5.41) is 9.87. The highest BCUT2D eigenvalue weighted by atomic mass is 127. The molecule has 0 aromatic heterocycles. The summed E-state index contributed by atoms with van der Waals surface area (Å²) in [4.78, 5) is 2.24. The van der Waals surface area contributed by atoms with E-state index in [0.29, 0.717) is 11.4 Å². The van der Waals surface area contributed by atoms with E-state index in [-0.39, 0.29) is 0 Å². The van der Waals surface area contributed by atoms with Gasteiger partial charge in [0.25, 0.3) is 0 Å². The summed E-state index contributed by atoms with van der Waals surface area (Å²) in [5.74, 6) is 0.358. The van der Waals surface area contributed by atoms with Crippen molar-refractivity contribution in [3.8, 4) is 5.75 Å². The quantitative estimate of drug-likeness (QED) is 0.509. The van der Waals surface area contributed by atoms with Crippen LogP contribution < -0.4 is 5.73 Å². The van der Waals surface area contributed by atoms with Gasteiger partial charge in [0.1, 0.15) is 5.75 Å². The van der Waals surface area contributed by atoms with Crippen molar-refractivity contribution in [3.05, 3.63) is 21.3 Å². The van der Waals surface area contributed by atoms with E-state index in [2.05, 4.69) is 41.3 Å². The Kier molecular flexibility index (Phi) is 4.66. The summed E-state index contributed by atoms with van der Waals surface area (Å²) >= 11 is 2.10. The number of rotatable bonds is 4. The highest BCUT2D eigenvalue weighted by Gasteiger charge is 2.09. The summed E-state index contributed by atoms with van der Waals surface area (Å²) in [6, 6.07) is 3.62. The predicted octanol–water partition coefficient (Wildman–Crippen LogP) is 2.42. The molecule has 0 amide bonds. The number of nitrogens with two attached hydrogens (primary N) is 1. The van der Waals surface area contributed by atoms with Crippen LogP contribution in [0, 0.1) is 3.57 Å². The minimum atomic E-state index is 0.358. The van der Waals surface area contributed by atoms with Crippen LogP contribution in [0.4, 0.5) is 5.69 Å². The summed E-state index contributed by atoms with van der Waals surface area (Å²) in [7, 11) is 0. The Morgan fingerprint density at radius 1 is 1.33 bits per heavy atom. The number of phenols is 1. The first-order valence-electron chi connectivity index (χ1n) is 5.07. The van der Waals surface area contributed by atoms with E-state index < -0.39 is 0 Å². The van der Waals surface area contributed by atoms with Gasteiger partial charge in [-0.1, -0.05) is 13.8 Å². The second-order valence-corrected chi connectivity index (χ2v) is 4.63. The van der Waals surface area contributed by atoms with Crippen LogP contribution in [0.5, 0.6) is 5.75 Å². The number of benzene rings is 1. The average Bonchev–Trinajstić information content (AvgIpc) is 2.21. The Bertz CT molecular complexity index is 338. The molecule has 1 aromatic carbocycles. The fourth-order valence-corrected chi connectivity index (χ4v) is 2.19. The van der Waals surface area contributed by atoms with E-state index in [9.17, 15) is 5.11 Å². The van der Waals surface area contributed by atoms with Gasteiger partial charge >= 0.3 is 0 Å². The van der Waals surface area contributed by atoms with Crippen molar-refractivity contribution in [3.63, 3.8) is 0 Å². The monoisotopic (exact) mass is 320 g/mol. The maximum absolute atomic E-state index is 9.87. The number of nitrogens with zero attached hydrogens (tertiary/aromatic N) is 1. The van der Waals surface area contributed by atoms with Gasteiger partial charge < -0.3 is 10.8 Å². The maximum Gasteiger partial charge on any atom is 0.133 e. The molecule has 0 radical (unpaired) electrons. The number of nitrogen functional groups attached to an aromatic ring is 1. The number of phenolic OH excluding ortho intramolecular Hbond substituents is 1. The maximum atomic E-state index is 9.87. The van der Waals surface area contributed by atoms with Crippen LogP contribution in [0.25, 0.3) is 0 Å². The summed E-state index contributed by atoms with van der Waals surface area (Å²) in [5.41, 5.74) is 7.37. The number of hydrogen-bond donors (Lipinski definition) is 2. The van der Waals surface area contributed by atoms with Gasteiger partial charge in [0.2, 0.25) is 0 Å². The summed E-state index contributed by atoms with van der Waals surface area (Å²) in [6.07, 6.45) is 0. The summed E-state index contributed by atoms with van der Waals surface area (Å²) in [6.45, 7) is 6.91. The lowest BCUT2D eigenvalue weighted by Gasteiger charge is -2.19. The van der Waals surface area contributed by atoms with Crippen molar-refractivity contribution >= 4 is 28.3 Å². The molecule has 0 aliphatic carbocycles. The molecule has 0 heterocycles. The lowest BCUT2D eigenvalue weighted by Crippen LogP contribution is -2.22. The van der Waals surface area contributed by atoms with Crippen LogP contribution in [0.3, 0.4) is 0 Å². The van der Waals surface area contributed by atoms with Crippen molar-refractivity contribution in [2.75, 3.05) is 18.8 Å². The molecule has 0 aliphatic rings. The smallest absolute Gasteiger partial charge is 0.133 e. The third kappa shape index (κ3) is 3.24. The van der Waals surface area contributed by atoms with Crippen LogP contribution in [0.15, 0.2) is 12.1 Å². The standard InChI is InChI=1S/C11H17IN2O/c1-3-14(4-2)7-8-5-9(13)6-10(12)11(8)15/h5-6,15H,3-4,7,13H2,1-2H3. The Hall–Kier alpha value is -0.490. The van der Waals surface area contributed by atoms with E-state index in [4.69, 9.17) is 5.73 Å². The minimum absolute atomic E-state index is 0.358. The van der Waals surface area contributed by atoms with Crippen LogP contribution in [-0.4, -0.2) is 23.1 Å². The molecule has 0 aliphatic heterocycles. The Morgan fingerprint density at radius 2 is 1.93 bits per heavy atom. The zero-order valence-electron chi connectivity index (χ0n) is 9.13. The second kappa shape index (κ2) is 5.55. The molecule has 3 nitrogen and oxygen atoms in total. The lowest BCUT2D eigenvalue weighted by molar-refractivity contribution is 0.290. The number of anilines is 1. The van der Waals surface area contributed by atoms with E-state index in [0.717, 1.165) is 28.8 Å². The van der Waals surface area contributed by atoms with Crippen molar-refractivity contribution in [1.82, 2.24) is 4.90 Å². The number of aromatic hydroxyl groups is 1. The van der Waals surface area contributed by atoms with Crippen LogP contribution in [0.2, 0.25) is 0 Å². The first-order chi connectivity index (χ1) is 7.08. The van der Waals surface area contributed by atoms with Crippen LogP contribution in [-0.2, 0) is 6.54 Å². The molecule has 15 heavy (non-hydrogen) atoms. The van der Waals surface area contributed by atoms with Crippen molar-refractivity contribution in [1.29, 1.82) is 0 Å². The summed E-state index contributed by atoms with van der Waals surface area (Å²) < 4.78 is 0.815. The zero-order chi connectivity index (χ0) is 11.4. The van der Waals surface area contributed by atoms with Crippen LogP contribution >= 0.6 is 22.6 Å². The van der Waals surface area contributed by atoms with Crippen molar-refractivity contribution in [2.45, 2.75) is 20.4 Å². The predicted molar refractivity (Wildman–Crippen MR) is 71.9 cm³/mol. The Balaban J connectivity index is 2.93. The Morgan fingerprint density at radius 3 is 2.47 bits per heavy atom. The molecule has 0 bridgehead atoms. The van der Waals surface area contributed by atoms with E-state index in [1.54, 1.807) is 6.07 Å². The van der Waals surface area contributed by atoms with Gasteiger partial charge in [-0.3, -0.25) is 4.90 Å². The molecule has 4 heteroatoms. The topological polar surface area (TPSA) is 49.5 Å². The van der Waals surface area contributed by atoms with E-state index >= 15 is 0 Å². The lowest BCUT2D eigenvalue weighted by atomic mass is 10.1. The first-order valence-corrected chi connectivity index (χ1v) is 6.15. The van der Waals surface area contributed by atoms with Crippen LogP contribution in [0.1, 0.15) is 19.4 Å². The van der Waals surface area contributed by atoms with Gasteiger partial charge in [-0.25, -0.2) is 0 Å². The molecule has 3 N–H and O–H groups in total. The van der Waals surface area contributed by atoms with Gasteiger partial charge in [0.05, 0.1) is 3.57 Å². The highest BCUT2D eigenvalue weighted by Crippen LogP contribution is 2.28. The third-order valence-electron chi connectivity index (χ3n) is 2.45. The molecule has 84 valence electrons. The molecule has 0 spiro atoms. The largest absolute Gasteiger partial charge is 0.507 e. The fourth-order valence-electron chi connectivity index (χ4n) is 1.49. The third-order valence-corrected chi connectivity index (χ3v) is 3.28. The van der Waals surface area contributed by atoms with Gasteiger partial charge in [-0.2, -0.15) is 0 Å². The normalized spacial score (nSPS) is 10.9. The minimum Gasteiger partial charge on any atom is -0.507 e. The molecule has 1 rings (SSSR count). The molecular weight excluding hydrogens is 303 g/mol. The number of hydrogen-bond acceptors (Lipinski definition) is 3. The molecule has 0 atom stereocenters. The number of halogens is 1. The van der Waals surface area contributed by atoms with E-state index in [1.165, 1.54) is 0 Å².